The fraction of sp³-hybridized carbons (Fsp3) is 0.185. The Balaban J connectivity index is 1.82. The molecule has 1 N–H and O–H groups in total. The normalized spacial score (nSPS) is 12.2. The quantitative estimate of drug-likeness (QED) is 0.422. The molecule has 37 heavy (non-hydrogen) atoms. The lowest BCUT2D eigenvalue weighted by atomic mass is 10.1. The molecule has 1 amide bonds. The fourth-order valence-corrected chi connectivity index (χ4v) is 3.84. The molecule has 0 saturated heterocycles. The summed E-state index contributed by atoms with van der Waals surface area (Å²) >= 11 is 0. The number of benzene rings is 3. The van der Waals surface area contributed by atoms with Crippen LogP contribution in [0.15, 0.2) is 88.5 Å². The number of carbonyl (C=O) groups excluding carboxylic acids is 1. The molecule has 0 unspecified atom stereocenters. The number of aromatic nitrogens is 3. The first kappa shape index (κ1) is 25.6. The van der Waals surface area contributed by atoms with Crippen LogP contribution in [0, 0.1) is 6.92 Å². The number of hydrogen-bond acceptors (Lipinski definition) is 4. The molecule has 0 aliphatic rings. The number of nitrogens with one attached hydrogen (secondary N) is 1. The molecule has 0 radical (unpaired) electrons. The molecule has 0 spiro atoms. The molecule has 0 saturated carbocycles. The van der Waals surface area contributed by atoms with Crippen LogP contribution in [0.5, 0.6) is 0 Å². The van der Waals surface area contributed by atoms with Crippen LogP contribution in [0.25, 0.3) is 5.69 Å². The zero-order valence-corrected chi connectivity index (χ0v) is 20.0. The summed E-state index contributed by atoms with van der Waals surface area (Å²) in [6.07, 6.45) is -4.60. The van der Waals surface area contributed by atoms with Gasteiger partial charge in [0.1, 0.15) is 0 Å². The Morgan fingerprint density at radius 1 is 0.973 bits per heavy atom. The molecule has 0 fully saturated rings. The molecule has 1 heterocycles. The number of nitrogens with zero attached hydrogens (tertiary/aromatic N) is 3. The number of amides is 1. The lowest BCUT2D eigenvalue weighted by Crippen LogP contribution is -2.46. The summed E-state index contributed by atoms with van der Waals surface area (Å²) in [4.78, 5) is 39.8. The van der Waals surface area contributed by atoms with Crippen molar-refractivity contribution in [1.29, 1.82) is 0 Å². The maximum Gasteiger partial charge on any atom is 0.416 e. The van der Waals surface area contributed by atoms with Crippen molar-refractivity contribution in [3.05, 3.63) is 128 Å². The summed E-state index contributed by atoms with van der Waals surface area (Å²) in [5.74, 6) is -0.819. The first-order valence-corrected chi connectivity index (χ1v) is 11.4. The molecular weight excluding hydrogens is 485 g/mol. The van der Waals surface area contributed by atoms with Crippen molar-refractivity contribution < 1.29 is 18.0 Å². The molecule has 7 nitrogen and oxygen atoms in total. The van der Waals surface area contributed by atoms with E-state index in [0.717, 1.165) is 27.9 Å². The Morgan fingerprint density at radius 3 is 2.35 bits per heavy atom. The lowest BCUT2D eigenvalue weighted by molar-refractivity contribution is -0.137. The van der Waals surface area contributed by atoms with Gasteiger partial charge in [0.25, 0.3) is 11.5 Å². The number of carbonyl (C=O) groups is 1. The van der Waals surface area contributed by atoms with Gasteiger partial charge in [0.05, 0.1) is 23.8 Å². The van der Waals surface area contributed by atoms with Crippen molar-refractivity contribution in [2.75, 3.05) is 0 Å². The second-order valence-electron chi connectivity index (χ2n) is 8.58. The topological polar surface area (TPSA) is 86.0 Å². The van der Waals surface area contributed by atoms with E-state index in [0.29, 0.717) is 10.3 Å². The largest absolute Gasteiger partial charge is 0.416 e. The van der Waals surface area contributed by atoms with E-state index in [1.54, 1.807) is 62.4 Å². The molecule has 4 rings (SSSR count). The summed E-state index contributed by atoms with van der Waals surface area (Å²) in [6.45, 7) is 3.04. The predicted octanol–water partition coefficient (Wildman–Crippen LogP) is 4.26. The van der Waals surface area contributed by atoms with E-state index in [2.05, 4.69) is 10.4 Å². The Labute approximate surface area is 209 Å². The zero-order chi connectivity index (χ0) is 26.7. The first-order valence-electron chi connectivity index (χ1n) is 11.4. The summed E-state index contributed by atoms with van der Waals surface area (Å²) in [5.41, 5.74) is -1.42. The number of aryl methyl sites for hydroxylation is 1. The van der Waals surface area contributed by atoms with Gasteiger partial charge in [0.2, 0.25) is 5.69 Å². The zero-order valence-electron chi connectivity index (χ0n) is 20.0. The Bertz CT molecular complexity index is 1560. The van der Waals surface area contributed by atoms with Gasteiger partial charge in [-0.05, 0) is 54.8 Å². The van der Waals surface area contributed by atoms with Crippen molar-refractivity contribution in [3.63, 3.8) is 0 Å². The molecular formula is C27H23F3N4O3. The van der Waals surface area contributed by atoms with Gasteiger partial charge in [0, 0.05) is 0 Å². The number of alkyl halides is 3. The number of halogens is 3. The van der Waals surface area contributed by atoms with E-state index in [1.165, 1.54) is 12.1 Å². The van der Waals surface area contributed by atoms with Crippen LogP contribution in [-0.2, 0) is 12.7 Å². The molecule has 1 atom stereocenters. The fourth-order valence-electron chi connectivity index (χ4n) is 3.84. The van der Waals surface area contributed by atoms with E-state index in [4.69, 9.17) is 0 Å². The lowest BCUT2D eigenvalue weighted by Gasteiger charge is -2.16. The smallest absolute Gasteiger partial charge is 0.344 e. The van der Waals surface area contributed by atoms with Crippen LogP contribution < -0.4 is 16.6 Å². The van der Waals surface area contributed by atoms with Gasteiger partial charge in [-0.15, -0.1) is 0 Å². The monoisotopic (exact) mass is 508 g/mol. The highest BCUT2D eigenvalue weighted by atomic mass is 19.4. The van der Waals surface area contributed by atoms with Gasteiger partial charge < -0.3 is 5.32 Å². The van der Waals surface area contributed by atoms with Crippen molar-refractivity contribution in [1.82, 2.24) is 19.7 Å². The van der Waals surface area contributed by atoms with E-state index >= 15 is 0 Å². The van der Waals surface area contributed by atoms with Crippen LogP contribution in [0.2, 0.25) is 0 Å². The number of hydrogen-bond donors (Lipinski definition) is 1. The molecule has 4 aromatic rings. The van der Waals surface area contributed by atoms with Crippen LogP contribution in [0.4, 0.5) is 13.2 Å². The predicted molar refractivity (Wildman–Crippen MR) is 132 cm³/mol. The van der Waals surface area contributed by atoms with Gasteiger partial charge in [-0.25, -0.2) is 4.79 Å². The highest BCUT2D eigenvalue weighted by molar-refractivity contribution is 5.92. The van der Waals surface area contributed by atoms with E-state index in [9.17, 15) is 27.6 Å². The Hall–Kier alpha value is -4.47. The highest BCUT2D eigenvalue weighted by Gasteiger charge is 2.30. The van der Waals surface area contributed by atoms with Crippen molar-refractivity contribution in [2.24, 2.45) is 0 Å². The SMILES string of the molecule is Cc1cccc(-n2nc(C(=O)N[C@@H](C)c3ccccc3)c(=O)n(Cc3cccc(C(F)(F)F)c3)c2=O)c1. The summed E-state index contributed by atoms with van der Waals surface area (Å²) in [6, 6.07) is 19.6. The standard InChI is InChI=1S/C27H23F3N4O3/c1-17-8-6-13-22(14-17)34-26(37)33(16-19-9-7-12-21(15-19)27(28,29)30)25(36)23(32-34)24(35)31-18(2)20-10-4-3-5-11-20/h3-15,18H,16H2,1-2H3,(H,31,35)/t18-/m0/s1. The van der Waals surface area contributed by atoms with Crippen LogP contribution in [0.1, 0.15) is 45.7 Å². The van der Waals surface area contributed by atoms with Gasteiger partial charge in [-0.1, -0.05) is 54.6 Å². The number of rotatable bonds is 6. The highest BCUT2D eigenvalue weighted by Crippen LogP contribution is 2.29. The molecule has 190 valence electrons. The third-order valence-corrected chi connectivity index (χ3v) is 5.76. The molecule has 1 aromatic heterocycles. The second-order valence-corrected chi connectivity index (χ2v) is 8.58. The van der Waals surface area contributed by atoms with Crippen molar-refractivity contribution in [3.8, 4) is 5.69 Å². The second kappa shape index (κ2) is 10.3. The van der Waals surface area contributed by atoms with E-state index in [-0.39, 0.29) is 5.56 Å². The van der Waals surface area contributed by atoms with Crippen molar-refractivity contribution in [2.45, 2.75) is 32.6 Å². The minimum Gasteiger partial charge on any atom is -0.344 e. The maximum atomic E-state index is 13.3. The van der Waals surface area contributed by atoms with Gasteiger partial charge in [-0.3, -0.25) is 14.2 Å². The average Bonchev–Trinajstić information content (AvgIpc) is 2.86. The molecule has 3 aromatic carbocycles. The van der Waals surface area contributed by atoms with E-state index < -0.39 is 47.2 Å². The minimum atomic E-state index is -4.60. The van der Waals surface area contributed by atoms with Gasteiger partial charge >= 0.3 is 11.9 Å². The third-order valence-electron chi connectivity index (χ3n) is 5.76. The van der Waals surface area contributed by atoms with Crippen molar-refractivity contribution >= 4 is 5.91 Å². The average molecular weight is 509 g/mol. The van der Waals surface area contributed by atoms with Crippen LogP contribution in [-0.4, -0.2) is 20.3 Å². The molecule has 0 aliphatic heterocycles. The van der Waals surface area contributed by atoms with Gasteiger partial charge in [0.15, 0.2) is 0 Å². The summed E-state index contributed by atoms with van der Waals surface area (Å²) in [7, 11) is 0. The van der Waals surface area contributed by atoms with Crippen LogP contribution in [0.3, 0.4) is 0 Å². The summed E-state index contributed by atoms with van der Waals surface area (Å²) in [5, 5.41) is 6.77. The van der Waals surface area contributed by atoms with E-state index in [1.807, 2.05) is 6.07 Å². The Kier molecular flexibility index (Phi) is 7.10. The van der Waals surface area contributed by atoms with Crippen LogP contribution >= 0.6 is 0 Å². The van der Waals surface area contributed by atoms with Gasteiger partial charge in [-0.2, -0.15) is 23.0 Å². The molecule has 0 bridgehead atoms. The third kappa shape index (κ3) is 5.69. The maximum absolute atomic E-state index is 13.3. The molecule has 10 heteroatoms. The minimum absolute atomic E-state index is 0.0695. The summed E-state index contributed by atoms with van der Waals surface area (Å²) < 4.78 is 41.3. The molecule has 0 aliphatic carbocycles. The Morgan fingerprint density at radius 2 is 1.68 bits per heavy atom. The first-order chi connectivity index (χ1) is 17.5.